The first-order valence-corrected chi connectivity index (χ1v) is 6.08. The Labute approximate surface area is 101 Å². The average Bonchev–Trinajstić information content (AvgIpc) is 2.71. The van der Waals surface area contributed by atoms with Crippen LogP contribution in [0.3, 0.4) is 0 Å². The Kier molecular flexibility index (Phi) is 3.39. The van der Waals surface area contributed by atoms with Crippen molar-refractivity contribution >= 4 is 17.2 Å². The molecule has 0 unspecified atom stereocenters. The molecule has 0 spiro atoms. The fourth-order valence-electron chi connectivity index (χ4n) is 1.94. The Morgan fingerprint density at radius 1 is 1.56 bits per heavy atom. The molecule has 0 atom stereocenters. The fraction of sp³-hybridized carbons (Fsp3) is 0.500. The molecule has 0 aromatic carbocycles. The smallest absolute Gasteiger partial charge is 0.224 e. The van der Waals surface area contributed by atoms with Crippen LogP contribution in [0.4, 0.5) is 0 Å². The average molecular weight is 236 g/mol. The van der Waals surface area contributed by atoms with Gasteiger partial charge in [0.25, 0.3) is 0 Å². The van der Waals surface area contributed by atoms with E-state index in [0.29, 0.717) is 17.5 Å². The van der Waals surface area contributed by atoms with Crippen molar-refractivity contribution in [1.82, 2.24) is 4.98 Å². The highest BCUT2D eigenvalue weighted by atomic mass is 32.1. The molecule has 0 saturated carbocycles. The number of nitrogens with two attached hydrogens (primary N) is 1. The molecule has 86 valence electrons. The van der Waals surface area contributed by atoms with Crippen molar-refractivity contribution in [2.75, 3.05) is 6.61 Å². The summed E-state index contributed by atoms with van der Waals surface area (Å²) < 4.78 is 5.59. The van der Waals surface area contributed by atoms with E-state index in [4.69, 9.17) is 22.7 Å². The molecule has 1 heterocycles. The van der Waals surface area contributed by atoms with Crippen LogP contribution in [0, 0.1) is 0 Å². The van der Waals surface area contributed by atoms with E-state index >= 15 is 0 Å². The van der Waals surface area contributed by atoms with Gasteiger partial charge in [-0.1, -0.05) is 19.1 Å². The van der Waals surface area contributed by atoms with Gasteiger partial charge in [-0.15, -0.1) is 0 Å². The van der Waals surface area contributed by atoms with Crippen molar-refractivity contribution in [1.29, 1.82) is 0 Å². The van der Waals surface area contributed by atoms with E-state index in [1.807, 2.05) is 6.07 Å². The second-order valence-electron chi connectivity index (χ2n) is 4.01. The van der Waals surface area contributed by atoms with E-state index in [1.54, 1.807) is 0 Å². The maximum atomic E-state index is 5.69. The Hall–Kier alpha value is -1.16. The summed E-state index contributed by atoms with van der Waals surface area (Å²) in [4.78, 5) is 4.89. The molecule has 1 aliphatic rings. The summed E-state index contributed by atoms with van der Waals surface area (Å²) in [6, 6.07) is 2.04. The third-order valence-corrected chi connectivity index (χ3v) is 2.94. The molecule has 1 aromatic heterocycles. The zero-order chi connectivity index (χ0) is 11.5. The minimum atomic E-state index is 0.369. The van der Waals surface area contributed by atoms with E-state index in [2.05, 4.69) is 11.9 Å². The summed E-state index contributed by atoms with van der Waals surface area (Å²) >= 11 is 5.03. The lowest BCUT2D eigenvalue weighted by atomic mass is 10.1. The number of hydrogen-bond acceptors (Lipinski definition) is 3. The molecule has 4 heteroatoms. The van der Waals surface area contributed by atoms with Gasteiger partial charge in [0, 0.05) is 5.69 Å². The van der Waals surface area contributed by atoms with Crippen molar-refractivity contribution < 1.29 is 4.74 Å². The summed E-state index contributed by atoms with van der Waals surface area (Å²) in [5, 5.41) is 0. The molecule has 0 bridgehead atoms. The van der Waals surface area contributed by atoms with E-state index in [0.717, 1.165) is 36.9 Å². The van der Waals surface area contributed by atoms with Crippen LogP contribution in [0.5, 0.6) is 5.88 Å². The summed E-state index contributed by atoms with van der Waals surface area (Å²) in [7, 11) is 0. The normalized spacial score (nSPS) is 13.6. The molecule has 0 fully saturated rings. The standard InChI is InChI=1S/C12H16N2OS/c1-2-6-15-12-9(11(13)16)7-8-4-3-5-10(8)14-12/h7H,2-6H2,1H3,(H2,13,16). The first-order chi connectivity index (χ1) is 7.72. The van der Waals surface area contributed by atoms with E-state index in [-0.39, 0.29) is 0 Å². The van der Waals surface area contributed by atoms with Crippen LogP contribution in [0.2, 0.25) is 0 Å². The molecular weight excluding hydrogens is 220 g/mol. The van der Waals surface area contributed by atoms with Crippen LogP contribution in [-0.2, 0) is 12.8 Å². The van der Waals surface area contributed by atoms with Gasteiger partial charge in [0.2, 0.25) is 5.88 Å². The molecule has 0 radical (unpaired) electrons. The van der Waals surface area contributed by atoms with Gasteiger partial charge in [-0.2, -0.15) is 0 Å². The molecule has 0 aliphatic heterocycles. The van der Waals surface area contributed by atoms with Crippen molar-refractivity contribution in [2.24, 2.45) is 5.73 Å². The van der Waals surface area contributed by atoms with E-state index < -0.39 is 0 Å². The van der Waals surface area contributed by atoms with Gasteiger partial charge < -0.3 is 10.5 Å². The van der Waals surface area contributed by atoms with Gasteiger partial charge in [-0.3, -0.25) is 0 Å². The van der Waals surface area contributed by atoms with Crippen LogP contribution in [0.1, 0.15) is 36.6 Å². The number of ether oxygens (including phenoxy) is 1. The second-order valence-corrected chi connectivity index (χ2v) is 4.45. The summed E-state index contributed by atoms with van der Waals surface area (Å²) in [6.45, 7) is 2.72. The highest BCUT2D eigenvalue weighted by molar-refractivity contribution is 7.80. The van der Waals surface area contributed by atoms with Crippen molar-refractivity contribution in [3.63, 3.8) is 0 Å². The first kappa shape index (κ1) is 11.3. The lowest BCUT2D eigenvalue weighted by molar-refractivity contribution is 0.304. The number of fused-ring (bicyclic) bond motifs is 1. The largest absolute Gasteiger partial charge is 0.477 e. The summed E-state index contributed by atoms with van der Waals surface area (Å²) in [5.41, 5.74) is 8.89. The number of aryl methyl sites for hydroxylation is 2. The maximum Gasteiger partial charge on any atom is 0.224 e. The Balaban J connectivity index is 2.36. The van der Waals surface area contributed by atoms with Crippen LogP contribution in [-0.4, -0.2) is 16.6 Å². The minimum absolute atomic E-state index is 0.369. The lowest BCUT2D eigenvalue weighted by Gasteiger charge is -2.11. The highest BCUT2D eigenvalue weighted by Gasteiger charge is 2.18. The van der Waals surface area contributed by atoms with Gasteiger partial charge in [0.15, 0.2) is 0 Å². The topological polar surface area (TPSA) is 48.1 Å². The third kappa shape index (κ3) is 2.16. The SMILES string of the molecule is CCCOc1nc2c(cc1C(N)=S)CCC2. The first-order valence-electron chi connectivity index (χ1n) is 5.67. The van der Waals surface area contributed by atoms with Gasteiger partial charge in [-0.25, -0.2) is 4.98 Å². The predicted molar refractivity (Wildman–Crippen MR) is 67.9 cm³/mol. The number of rotatable bonds is 4. The van der Waals surface area contributed by atoms with E-state index in [1.165, 1.54) is 5.56 Å². The van der Waals surface area contributed by atoms with Crippen LogP contribution in [0.25, 0.3) is 0 Å². The van der Waals surface area contributed by atoms with Crippen molar-refractivity contribution in [2.45, 2.75) is 32.6 Å². The quantitative estimate of drug-likeness (QED) is 0.812. The van der Waals surface area contributed by atoms with Gasteiger partial charge >= 0.3 is 0 Å². The highest BCUT2D eigenvalue weighted by Crippen LogP contribution is 2.26. The van der Waals surface area contributed by atoms with Gasteiger partial charge in [0.05, 0.1) is 12.2 Å². The number of nitrogens with zero attached hydrogens (tertiary/aromatic N) is 1. The Bertz CT molecular complexity index is 418. The van der Waals surface area contributed by atoms with Crippen molar-refractivity contribution in [3.05, 3.63) is 22.9 Å². The zero-order valence-corrected chi connectivity index (χ0v) is 10.3. The number of pyridine rings is 1. The summed E-state index contributed by atoms with van der Waals surface area (Å²) in [6.07, 6.45) is 4.23. The van der Waals surface area contributed by atoms with Crippen LogP contribution in [0.15, 0.2) is 6.07 Å². The number of aromatic nitrogens is 1. The molecular formula is C12H16N2OS. The minimum Gasteiger partial charge on any atom is -0.477 e. The second kappa shape index (κ2) is 4.78. The van der Waals surface area contributed by atoms with E-state index in [9.17, 15) is 0 Å². The predicted octanol–water partition coefficient (Wildman–Crippen LogP) is 1.99. The summed E-state index contributed by atoms with van der Waals surface area (Å²) in [5.74, 6) is 0.606. The molecule has 2 rings (SSSR count). The van der Waals surface area contributed by atoms with Crippen molar-refractivity contribution in [3.8, 4) is 5.88 Å². The van der Waals surface area contributed by atoms with Crippen LogP contribution >= 0.6 is 12.2 Å². The molecule has 2 N–H and O–H groups in total. The monoisotopic (exact) mass is 236 g/mol. The molecule has 0 amide bonds. The lowest BCUT2D eigenvalue weighted by Crippen LogP contribution is -2.14. The third-order valence-electron chi connectivity index (χ3n) is 2.72. The molecule has 1 aromatic rings. The van der Waals surface area contributed by atoms with Crippen LogP contribution < -0.4 is 10.5 Å². The Morgan fingerprint density at radius 3 is 3.06 bits per heavy atom. The van der Waals surface area contributed by atoms with Gasteiger partial charge in [-0.05, 0) is 37.3 Å². The molecule has 1 aliphatic carbocycles. The zero-order valence-electron chi connectivity index (χ0n) is 9.45. The fourth-order valence-corrected chi connectivity index (χ4v) is 2.08. The Morgan fingerprint density at radius 2 is 2.38 bits per heavy atom. The number of thiocarbonyl (C=S) groups is 1. The maximum absolute atomic E-state index is 5.69. The van der Waals surface area contributed by atoms with Gasteiger partial charge in [0.1, 0.15) is 4.99 Å². The molecule has 3 nitrogen and oxygen atoms in total. The molecule has 16 heavy (non-hydrogen) atoms. The number of hydrogen-bond donors (Lipinski definition) is 1. The molecule has 0 saturated heterocycles.